The number of methoxy groups -OCH3 is 1. The molecule has 0 atom stereocenters. The van der Waals surface area contributed by atoms with Crippen LogP contribution in [0.15, 0.2) is 58.1 Å². The fraction of sp³-hybridized carbons (Fsp3) is 0.0556. The van der Waals surface area contributed by atoms with Crippen LogP contribution in [0.2, 0.25) is 5.02 Å². The number of nitrogens with one attached hydrogen (secondary N) is 2. The minimum Gasteiger partial charge on any atom is -0.496 e. The molecule has 0 saturated carbocycles. The van der Waals surface area contributed by atoms with E-state index in [4.69, 9.17) is 16.3 Å². The average Bonchev–Trinajstić information content (AvgIpc) is 3.13. The predicted octanol–water partition coefficient (Wildman–Crippen LogP) is 4.27. The smallest absolute Gasteiger partial charge is 0.289 e. The molecule has 8 heteroatoms. The molecule has 1 amide bonds. The molecule has 26 heavy (non-hydrogen) atoms. The van der Waals surface area contributed by atoms with Crippen molar-refractivity contribution in [3.05, 3.63) is 69.3 Å². The number of carbonyl (C=O) groups is 1. The summed E-state index contributed by atoms with van der Waals surface area (Å²) in [5, 5.41) is 11.4. The molecule has 1 aromatic heterocycles. The van der Waals surface area contributed by atoms with Crippen LogP contribution in [0.4, 0.5) is 0 Å². The molecule has 0 aliphatic heterocycles. The highest BCUT2D eigenvalue weighted by Crippen LogP contribution is 2.22. The summed E-state index contributed by atoms with van der Waals surface area (Å²) in [4.78, 5) is 12.2. The lowest BCUT2D eigenvalue weighted by molar-refractivity contribution is 0.0950. The molecule has 0 saturated heterocycles. The van der Waals surface area contributed by atoms with Crippen LogP contribution in [0.3, 0.4) is 0 Å². The van der Waals surface area contributed by atoms with Gasteiger partial charge in [-0.05, 0) is 36.4 Å². The second-order valence-electron chi connectivity index (χ2n) is 5.26. The van der Waals surface area contributed by atoms with Crippen LogP contribution < -0.4 is 10.2 Å². The van der Waals surface area contributed by atoms with Crippen molar-refractivity contribution in [1.29, 1.82) is 0 Å². The third-order valence-corrected chi connectivity index (χ3v) is 4.27. The lowest BCUT2D eigenvalue weighted by Crippen LogP contribution is -2.18. The maximum atomic E-state index is 12.2. The zero-order valence-corrected chi connectivity index (χ0v) is 16.0. The quantitative estimate of drug-likeness (QED) is 0.466. The van der Waals surface area contributed by atoms with Crippen molar-refractivity contribution in [2.75, 3.05) is 7.11 Å². The number of ether oxygens (including phenoxy) is 1. The van der Waals surface area contributed by atoms with Gasteiger partial charge >= 0.3 is 0 Å². The molecular formula is C18H14BrClN4O2. The molecule has 0 fully saturated rings. The zero-order chi connectivity index (χ0) is 18.5. The molecule has 0 aliphatic carbocycles. The Labute approximate surface area is 163 Å². The molecule has 2 N–H and O–H groups in total. The van der Waals surface area contributed by atoms with E-state index in [1.54, 1.807) is 31.4 Å². The number of amides is 1. The van der Waals surface area contributed by atoms with E-state index in [-0.39, 0.29) is 0 Å². The van der Waals surface area contributed by atoms with E-state index in [0.29, 0.717) is 22.2 Å². The van der Waals surface area contributed by atoms with Gasteiger partial charge in [-0.25, -0.2) is 5.43 Å². The number of rotatable bonds is 5. The van der Waals surface area contributed by atoms with Crippen molar-refractivity contribution in [3.8, 4) is 17.0 Å². The monoisotopic (exact) mass is 432 g/mol. The fourth-order valence-electron chi connectivity index (χ4n) is 2.23. The topological polar surface area (TPSA) is 79.4 Å². The Balaban J connectivity index is 1.69. The fourth-order valence-corrected chi connectivity index (χ4v) is 2.74. The Bertz CT molecular complexity index is 954. The maximum absolute atomic E-state index is 12.2. The molecule has 2 aromatic carbocycles. The van der Waals surface area contributed by atoms with E-state index in [1.807, 2.05) is 24.3 Å². The molecule has 0 aliphatic rings. The second kappa shape index (κ2) is 8.16. The predicted molar refractivity (Wildman–Crippen MR) is 105 cm³/mol. The summed E-state index contributed by atoms with van der Waals surface area (Å²) in [6.45, 7) is 0. The number of benzene rings is 2. The van der Waals surface area contributed by atoms with Gasteiger partial charge in [-0.3, -0.25) is 9.89 Å². The number of hydrazone groups is 1. The third kappa shape index (κ3) is 4.30. The molecule has 6 nitrogen and oxygen atoms in total. The number of carbonyl (C=O) groups excluding carboxylic acids is 1. The number of hydrogen-bond donors (Lipinski definition) is 2. The molecule has 3 rings (SSSR count). The van der Waals surface area contributed by atoms with E-state index in [1.165, 1.54) is 6.21 Å². The minimum atomic E-state index is -0.400. The third-order valence-electron chi connectivity index (χ3n) is 3.52. The SMILES string of the molecule is COc1ccc(Br)cc1/C=N/NC(=O)c1cc(-c2ccc(Cl)cc2)n[nH]1. The Morgan fingerprint density at radius 3 is 2.77 bits per heavy atom. The maximum Gasteiger partial charge on any atom is 0.289 e. The van der Waals surface area contributed by atoms with E-state index in [9.17, 15) is 4.79 Å². The van der Waals surface area contributed by atoms with Gasteiger partial charge in [0, 0.05) is 20.6 Å². The number of nitrogens with zero attached hydrogens (tertiary/aromatic N) is 2. The van der Waals surface area contributed by atoms with Gasteiger partial charge in [0.15, 0.2) is 0 Å². The molecule has 132 valence electrons. The summed E-state index contributed by atoms with van der Waals surface area (Å²) in [5.41, 5.74) is 4.99. The molecule has 0 bridgehead atoms. The van der Waals surface area contributed by atoms with Crippen molar-refractivity contribution in [2.45, 2.75) is 0 Å². The van der Waals surface area contributed by atoms with Crippen LogP contribution >= 0.6 is 27.5 Å². The van der Waals surface area contributed by atoms with Crippen molar-refractivity contribution in [2.24, 2.45) is 5.10 Å². The Hall–Kier alpha value is -2.64. The summed E-state index contributed by atoms with van der Waals surface area (Å²) >= 11 is 9.26. The normalized spacial score (nSPS) is 10.9. The second-order valence-corrected chi connectivity index (χ2v) is 6.61. The summed E-state index contributed by atoms with van der Waals surface area (Å²) < 4.78 is 6.13. The molecule has 3 aromatic rings. The highest BCUT2D eigenvalue weighted by Gasteiger charge is 2.10. The van der Waals surface area contributed by atoms with Gasteiger partial charge in [-0.1, -0.05) is 39.7 Å². The minimum absolute atomic E-state index is 0.299. The van der Waals surface area contributed by atoms with Gasteiger partial charge in [0.1, 0.15) is 11.4 Å². The average molecular weight is 434 g/mol. The largest absolute Gasteiger partial charge is 0.496 e. The Morgan fingerprint density at radius 2 is 2.04 bits per heavy atom. The van der Waals surface area contributed by atoms with Crippen molar-refractivity contribution in [1.82, 2.24) is 15.6 Å². The Morgan fingerprint density at radius 1 is 1.27 bits per heavy atom. The summed E-state index contributed by atoms with van der Waals surface area (Å²) in [6.07, 6.45) is 1.51. The van der Waals surface area contributed by atoms with Gasteiger partial charge in [0.25, 0.3) is 5.91 Å². The van der Waals surface area contributed by atoms with E-state index in [2.05, 4.69) is 36.7 Å². The van der Waals surface area contributed by atoms with Crippen LogP contribution in [-0.4, -0.2) is 29.4 Å². The Kier molecular flexibility index (Phi) is 5.70. The molecule has 0 spiro atoms. The highest BCUT2D eigenvalue weighted by molar-refractivity contribution is 9.10. The van der Waals surface area contributed by atoms with E-state index in [0.717, 1.165) is 15.6 Å². The van der Waals surface area contributed by atoms with Crippen LogP contribution in [0.5, 0.6) is 5.75 Å². The van der Waals surface area contributed by atoms with Crippen molar-refractivity contribution < 1.29 is 9.53 Å². The van der Waals surface area contributed by atoms with Crippen molar-refractivity contribution >= 4 is 39.7 Å². The first kappa shape index (κ1) is 18.2. The van der Waals surface area contributed by atoms with E-state index < -0.39 is 5.91 Å². The summed E-state index contributed by atoms with van der Waals surface area (Å²) in [5.74, 6) is 0.251. The molecule has 0 unspecified atom stereocenters. The molecular weight excluding hydrogens is 420 g/mol. The van der Waals surface area contributed by atoms with Gasteiger partial charge in [0.2, 0.25) is 0 Å². The summed E-state index contributed by atoms with van der Waals surface area (Å²) in [6, 6.07) is 14.3. The summed E-state index contributed by atoms with van der Waals surface area (Å²) in [7, 11) is 1.57. The lowest BCUT2D eigenvalue weighted by atomic mass is 10.1. The van der Waals surface area contributed by atoms with Crippen LogP contribution in [-0.2, 0) is 0 Å². The first-order chi connectivity index (χ1) is 12.6. The number of hydrogen-bond acceptors (Lipinski definition) is 4. The first-order valence-electron chi connectivity index (χ1n) is 7.55. The number of H-pyrrole nitrogens is 1. The van der Waals surface area contributed by atoms with Crippen LogP contribution in [0.1, 0.15) is 16.1 Å². The van der Waals surface area contributed by atoms with Gasteiger partial charge in [-0.15, -0.1) is 0 Å². The van der Waals surface area contributed by atoms with Crippen LogP contribution in [0, 0.1) is 0 Å². The molecule has 1 heterocycles. The van der Waals surface area contributed by atoms with Gasteiger partial charge < -0.3 is 4.74 Å². The number of aromatic nitrogens is 2. The van der Waals surface area contributed by atoms with Gasteiger partial charge in [-0.2, -0.15) is 10.2 Å². The first-order valence-corrected chi connectivity index (χ1v) is 8.72. The standard InChI is InChI=1S/C18H14BrClN4O2/c1-26-17-7-4-13(19)8-12(17)10-21-24-18(25)16-9-15(22-23-16)11-2-5-14(20)6-3-11/h2-10H,1H3,(H,22,23)(H,24,25)/b21-10+. The van der Waals surface area contributed by atoms with Crippen LogP contribution in [0.25, 0.3) is 11.3 Å². The number of aromatic amines is 1. The number of halogens is 2. The molecule has 0 radical (unpaired) electrons. The lowest BCUT2D eigenvalue weighted by Gasteiger charge is -2.04. The highest BCUT2D eigenvalue weighted by atomic mass is 79.9. The van der Waals surface area contributed by atoms with Gasteiger partial charge in [0.05, 0.1) is 19.0 Å². The van der Waals surface area contributed by atoms with Crippen molar-refractivity contribution in [3.63, 3.8) is 0 Å². The zero-order valence-electron chi connectivity index (χ0n) is 13.7. The van der Waals surface area contributed by atoms with E-state index >= 15 is 0 Å².